The van der Waals surface area contributed by atoms with E-state index in [1.807, 2.05) is 31.3 Å². The van der Waals surface area contributed by atoms with Crippen LogP contribution < -0.4 is 5.32 Å². The van der Waals surface area contributed by atoms with Crippen LogP contribution in [-0.4, -0.2) is 28.8 Å². The van der Waals surface area contributed by atoms with E-state index in [-0.39, 0.29) is 6.04 Å². The van der Waals surface area contributed by atoms with Crippen LogP contribution in [0.3, 0.4) is 0 Å². The van der Waals surface area contributed by atoms with Crippen molar-refractivity contribution < 1.29 is 4.52 Å². The molecular formula is C17H24ClN3OS. The van der Waals surface area contributed by atoms with Gasteiger partial charge in [-0.2, -0.15) is 0 Å². The summed E-state index contributed by atoms with van der Waals surface area (Å²) in [7, 11) is 1.86. The Balaban J connectivity index is 2.05. The van der Waals surface area contributed by atoms with Gasteiger partial charge >= 0.3 is 0 Å². The molecule has 1 fully saturated rings. The lowest BCUT2D eigenvalue weighted by Gasteiger charge is -2.36. The van der Waals surface area contributed by atoms with Crippen LogP contribution in [0.2, 0.25) is 0 Å². The van der Waals surface area contributed by atoms with Crippen LogP contribution in [-0.2, 0) is 6.42 Å². The molecule has 1 aliphatic heterocycles. The molecule has 0 bridgehead atoms. The summed E-state index contributed by atoms with van der Waals surface area (Å²) in [5.74, 6) is 0.823. The fraction of sp³-hybridized carbons (Fsp3) is 0.529. The van der Waals surface area contributed by atoms with Gasteiger partial charge in [0.1, 0.15) is 11.5 Å². The number of thiocarbonyl (C=S) groups is 1. The molecule has 1 aromatic rings. The van der Waals surface area contributed by atoms with Crippen LogP contribution in [0.4, 0.5) is 0 Å². The highest BCUT2D eigenvalue weighted by atomic mass is 35.5. The van der Waals surface area contributed by atoms with Crippen molar-refractivity contribution in [3.63, 3.8) is 0 Å². The van der Waals surface area contributed by atoms with E-state index in [1.54, 1.807) is 0 Å². The first-order chi connectivity index (χ1) is 11.2. The van der Waals surface area contributed by atoms with Gasteiger partial charge in [0.15, 0.2) is 5.11 Å². The van der Waals surface area contributed by atoms with Gasteiger partial charge in [0, 0.05) is 31.1 Å². The molecule has 2 heterocycles. The highest BCUT2D eigenvalue weighted by Crippen LogP contribution is 2.30. The zero-order chi connectivity index (χ0) is 16.7. The molecule has 0 spiro atoms. The summed E-state index contributed by atoms with van der Waals surface area (Å²) in [5, 5.41) is 8.81. The van der Waals surface area contributed by atoms with Gasteiger partial charge in [0.2, 0.25) is 0 Å². The maximum Gasteiger partial charge on any atom is 0.169 e. The second-order valence-electron chi connectivity index (χ2n) is 5.58. The molecule has 1 aliphatic rings. The normalized spacial score (nSPS) is 19.3. The van der Waals surface area contributed by atoms with Crippen LogP contribution in [0.25, 0.3) is 0 Å². The first-order valence-electron chi connectivity index (χ1n) is 8.11. The third kappa shape index (κ3) is 5.08. The topological polar surface area (TPSA) is 41.3 Å². The Labute approximate surface area is 148 Å². The molecule has 0 saturated carbocycles. The average molecular weight is 354 g/mol. The number of nitrogens with zero attached hydrogens (tertiary/aromatic N) is 2. The Hall–Kier alpha value is -1.33. The number of likely N-dealkylation sites (tertiary alicyclic amines) is 1. The van der Waals surface area contributed by atoms with Crippen LogP contribution in [0.15, 0.2) is 33.8 Å². The SMILES string of the molecule is CC/C=C\C(Cl)=C/Cc1cc(C2CCCCN2C(=S)NC)no1. The van der Waals surface area contributed by atoms with Crippen molar-refractivity contribution in [1.82, 2.24) is 15.4 Å². The van der Waals surface area contributed by atoms with E-state index >= 15 is 0 Å². The first-order valence-corrected chi connectivity index (χ1v) is 8.90. The lowest BCUT2D eigenvalue weighted by molar-refractivity contribution is 0.231. The highest BCUT2D eigenvalue weighted by Gasteiger charge is 2.28. The summed E-state index contributed by atoms with van der Waals surface area (Å²) in [4.78, 5) is 2.20. The molecule has 1 atom stereocenters. The van der Waals surface area contributed by atoms with Gasteiger partial charge < -0.3 is 14.7 Å². The van der Waals surface area contributed by atoms with Gasteiger partial charge in [0.05, 0.1) is 6.04 Å². The van der Waals surface area contributed by atoms with E-state index in [0.29, 0.717) is 6.42 Å². The fourth-order valence-corrected chi connectivity index (χ4v) is 3.09. The summed E-state index contributed by atoms with van der Waals surface area (Å²) in [6, 6.07) is 2.21. The predicted octanol–water partition coefficient (Wildman–Crippen LogP) is 4.34. The highest BCUT2D eigenvalue weighted by molar-refractivity contribution is 7.80. The molecule has 0 aliphatic carbocycles. The monoisotopic (exact) mass is 353 g/mol. The Morgan fingerprint density at radius 1 is 1.57 bits per heavy atom. The number of allylic oxidation sites excluding steroid dienone is 4. The summed E-state index contributed by atoms with van der Waals surface area (Å²) in [6.45, 7) is 3.04. The minimum absolute atomic E-state index is 0.195. The third-order valence-corrected chi connectivity index (χ3v) is 4.63. The minimum atomic E-state index is 0.195. The number of halogens is 1. The van der Waals surface area contributed by atoms with E-state index in [2.05, 4.69) is 22.3 Å². The summed E-state index contributed by atoms with van der Waals surface area (Å²) < 4.78 is 5.47. The molecule has 2 rings (SSSR count). The Kier molecular flexibility index (Phi) is 7.12. The third-order valence-electron chi connectivity index (χ3n) is 3.91. The predicted molar refractivity (Wildman–Crippen MR) is 98.5 cm³/mol. The zero-order valence-electron chi connectivity index (χ0n) is 13.7. The molecule has 0 aromatic carbocycles. The number of hydrogen-bond acceptors (Lipinski definition) is 3. The largest absolute Gasteiger partial charge is 0.366 e. The van der Waals surface area contributed by atoms with Crippen LogP contribution in [0.1, 0.15) is 50.1 Å². The average Bonchev–Trinajstić information content (AvgIpc) is 3.06. The minimum Gasteiger partial charge on any atom is -0.366 e. The van der Waals surface area contributed by atoms with Crippen molar-refractivity contribution >= 4 is 28.9 Å². The smallest absolute Gasteiger partial charge is 0.169 e. The van der Waals surface area contributed by atoms with E-state index in [4.69, 9.17) is 28.3 Å². The molecule has 126 valence electrons. The van der Waals surface area contributed by atoms with E-state index in [1.165, 1.54) is 6.42 Å². The summed E-state index contributed by atoms with van der Waals surface area (Å²) >= 11 is 11.5. The Morgan fingerprint density at radius 3 is 3.13 bits per heavy atom. The van der Waals surface area contributed by atoms with E-state index in [9.17, 15) is 0 Å². The summed E-state index contributed by atoms with van der Waals surface area (Å²) in [5.41, 5.74) is 0.950. The second kappa shape index (κ2) is 9.08. The molecule has 1 saturated heterocycles. The second-order valence-corrected chi connectivity index (χ2v) is 6.41. The van der Waals surface area contributed by atoms with Crippen LogP contribution in [0.5, 0.6) is 0 Å². The number of rotatable bonds is 5. The zero-order valence-corrected chi connectivity index (χ0v) is 15.3. The Morgan fingerprint density at radius 2 is 2.39 bits per heavy atom. The van der Waals surface area contributed by atoms with E-state index < -0.39 is 0 Å². The molecule has 1 aromatic heterocycles. The molecule has 6 heteroatoms. The standard InChI is InChI=1S/C17H24ClN3OS/c1-3-4-7-13(18)9-10-14-12-15(20-22-14)16-8-5-6-11-21(16)17(23)19-2/h4,7,9,12,16H,3,5-6,8,10-11H2,1-2H3,(H,19,23)/b7-4-,13-9+. The number of hydrogen-bond donors (Lipinski definition) is 1. The van der Waals surface area contributed by atoms with Crippen molar-refractivity contribution in [3.8, 4) is 0 Å². The van der Waals surface area contributed by atoms with Gasteiger partial charge in [-0.3, -0.25) is 0 Å². The van der Waals surface area contributed by atoms with Crippen molar-refractivity contribution in [1.29, 1.82) is 0 Å². The summed E-state index contributed by atoms with van der Waals surface area (Å²) in [6.07, 6.45) is 10.9. The Bertz CT molecular complexity index is 582. The molecule has 4 nitrogen and oxygen atoms in total. The lowest BCUT2D eigenvalue weighted by Crippen LogP contribution is -2.43. The molecule has 0 radical (unpaired) electrons. The quantitative estimate of drug-likeness (QED) is 0.630. The van der Waals surface area contributed by atoms with Gasteiger partial charge in [-0.1, -0.05) is 35.8 Å². The lowest BCUT2D eigenvalue weighted by atomic mass is 9.99. The maximum absolute atomic E-state index is 6.13. The van der Waals surface area contributed by atoms with Crippen LogP contribution >= 0.6 is 23.8 Å². The number of piperidine rings is 1. The van der Waals surface area contributed by atoms with Crippen molar-refractivity contribution in [3.05, 3.63) is 40.8 Å². The van der Waals surface area contributed by atoms with Gasteiger partial charge in [0.25, 0.3) is 0 Å². The maximum atomic E-state index is 6.13. The molecule has 1 unspecified atom stereocenters. The van der Waals surface area contributed by atoms with Crippen molar-refractivity contribution in [2.75, 3.05) is 13.6 Å². The number of aromatic nitrogens is 1. The van der Waals surface area contributed by atoms with Crippen molar-refractivity contribution in [2.45, 2.75) is 45.1 Å². The van der Waals surface area contributed by atoms with E-state index in [0.717, 1.165) is 47.4 Å². The number of nitrogens with one attached hydrogen (secondary N) is 1. The molecule has 0 amide bonds. The molecular weight excluding hydrogens is 330 g/mol. The molecule has 23 heavy (non-hydrogen) atoms. The van der Waals surface area contributed by atoms with Gasteiger partial charge in [-0.25, -0.2) is 0 Å². The van der Waals surface area contributed by atoms with Crippen LogP contribution in [0, 0.1) is 0 Å². The fourth-order valence-electron chi connectivity index (χ4n) is 2.70. The van der Waals surface area contributed by atoms with Crippen molar-refractivity contribution in [2.24, 2.45) is 0 Å². The van der Waals surface area contributed by atoms with Gasteiger partial charge in [-0.15, -0.1) is 0 Å². The molecule has 1 N–H and O–H groups in total. The van der Waals surface area contributed by atoms with Gasteiger partial charge in [-0.05, 0) is 44.0 Å². The first kappa shape index (κ1) is 18.0.